The topological polar surface area (TPSA) is 89.2 Å². The van der Waals surface area contributed by atoms with Crippen molar-refractivity contribution in [3.8, 4) is 5.75 Å². The minimum atomic E-state index is 0.301. The van der Waals surface area contributed by atoms with Crippen LogP contribution in [0.5, 0.6) is 5.75 Å². The third-order valence-corrected chi connectivity index (χ3v) is 3.67. The Hall–Kier alpha value is -2.64. The number of aryl methyl sites for hydroxylation is 1. The molecule has 0 aliphatic carbocycles. The Balaban J connectivity index is 1.40. The predicted molar refractivity (Wildman–Crippen MR) is 86.4 cm³/mol. The molecule has 2 aromatic heterocycles. The highest BCUT2D eigenvalue weighted by molar-refractivity contribution is 5.79. The van der Waals surface area contributed by atoms with Gasteiger partial charge in [0.15, 0.2) is 5.96 Å². The maximum Gasteiger partial charge on any atom is 0.191 e. The van der Waals surface area contributed by atoms with E-state index in [-0.39, 0.29) is 0 Å². The molecule has 8 nitrogen and oxygen atoms in total. The molecule has 8 heteroatoms. The highest BCUT2D eigenvalue weighted by Crippen LogP contribution is 2.11. The van der Waals surface area contributed by atoms with Crippen LogP contribution in [0.25, 0.3) is 0 Å². The van der Waals surface area contributed by atoms with Gasteiger partial charge < -0.3 is 15.4 Å². The van der Waals surface area contributed by atoms with E-state index in [4.69, 9.17) is 4.74 Å². The van der Waals surface area contributed by atoms with E-state index in [1.165, 1.54) is 0 Å². The third-order valence-electron chi connectivity index (χ3n) is 3.67. The van der Waals surface area contributed by atoms with Gasteiger partial charge in [0.25, 0.3) is 0 Å². The minimum Gasteiger partial charge on any atom is -0.490 e. The van der Waals surface area contributed by atoms with E-state index >= 15 is 0 Å². The molecular formula is C15H21N7O. The molecule has 0 aromatic carbocycles. The number of guanidine groups is 1. The number of nitrogens with one attached hydrogen (secondary N) is 2. The molecule has 3 rings (SSSR count). The Kier molecular flexibility index (Phi) is 5.02. The Bertz CT molecular complexity index is 640. The van der Waals surface area contributed by atoms with E-state index < -0.39 is 0 Å². The van der Waals surface area contributed by atoms with Crippen LogP contribution in [-0.2, 0) is 13.0 Å². The summed E-state index contributed by atoms with van der Waals surface area (Å²) in [7, 11) is 1.76. The molecule has 1 unspecified atom stereocenters. The van der Waals surface area contributed by atoms with E-state index in [1.807, 2.05) is 16.8 Å². The number of pyridine rings is 1. The van der Waals surface area contributed by atoms with Crippen molar-refractivity contribution in [3.63, 3.8) is 0 Å². The van der Waals surface area contributed by atoms with Gasteiger partial charge in [0.05, 0.1) is 19.3 Å². The summed E-state index contributed by atoms with van der Waals surface area (Å²) in [4.78, 5) is 12.5. The zero-order chi connectivity index (χ0) is 15.9. The Morgan fingerprint density at radius 3 is 3.30 bits per heavy atom. The summed E-state index contributed by atoms with van der Waals surface area (Å²) >= 11 is 0. The molecule has 122 valence electrons. The largest absolute Gasteiger partial charge is 0.490 e. The Labute approximate surface area is 135 Å². The number of hydrogen-bond acceptors (Lipinski definition) is 5. The van der Waals surface area contributed by atoms with Gasteiger partial charge >= 0.3 is 0 Å². The predicted octanol–water partition coefficient (Wildman–Crippen LogP) is 0.232. The molecule has 0 radical (unpaired) electrons. The van der Waals surface area contributed by atoms with E-state index in [2.05, 4.69) is 30.7 Å². The molecule has 0 saturated heterocycles. The second kappa shape index (κ2) is 7.57. The summed E-state index contributed by atoms with van der Waals surface area (Å²) in [5, 5.41) is 10.9. The summed E-state index contributed by atoms with van der Waals surface area (Å²) in [5.41, 5.74) is 0. The molecule has 0 fully saturated rings. The highest BCUT2D eigenvalue weighted by Gasteiger charge is 2.20. The number of nitrogens with zero attached hydrogens (tertiary/aromatic N) is 5. The first kappa shape index (κ1) is 15.3. The average Bonchev–Trinajstić information content (AvgIpc) is 3.06. The lowest BCUT2D eigenvalue weighted by Gasteiger charge is -2.25. The van der Waals surface area contributed by atoms with Crippen molar-refractivity contribution >= 4 is 5.96 Å². The van der Waals surface area contributed by atoms with Crippen LogP contribution in [-0.4, -0.2) is 51.9 Å². The van der Waals surface area contributed by atoms with Crippen LogP contribution in [0.2, 0.25) is 0 Å². The fraction of sp³-hybridized carbons (Fsp3) is 0.467. The van der Waals surface area contributed by atoms with Gasteiger partial charge in [-0.25, -0.2) is 9.67 Å². The fourth-order valence-corrected chi connectivity index (χ4v) is 2.51. The summed E-state index contributed by atoms with van der Waals surface area (Å²) in [5.74, 6) is 2.59. The number of rotatable bonds is 5. The van der Waals surface area contributed by atoms with Crippen molar-refractivity contribution < 1.29 is 4.74 Å². The van der Waals surface area contributed by atoms with Crippen LogP contribution in [0, 0.1) is 0 Å². The molecule has 0 saturated carbocycles. The van der Waals surface area contributed by atoms with Crippen LogP contribution >= 0.6 is 0 Å². The molecule has 2 aromatic rings. The standard InChI is InChI=1S/C15H21N7O/c1-16-15(18-7-8-23-13-3-2-6-17-9-13)21-12-4-5-14-19-11-20-22(14)10-12/h2-3,6,9,11-12H,4-5,7-8,10H2,1H3,(H2,16,18,21). The smallest absolute Gasteiger partial charge is 0.191 e. The average molecular weight is 315 g/mol. The third kappa shape index (κ3) is 4.18. The molecule has 0 spiro atoms. The van der Waals surface area contributed by atoms with Gasteiger partial charge in [-0.15, -0.1) is 0 Å². The van der Waals surface area contributed by atoms with Gasteiger partial charge in [0.2, 0.25) is 0 Å². The number of hydrogen-bond donors (Lipinski definition) is 2. The maximum atomic E-state index is 5.60. The first-order valence-electron chi connectivity index (χ1n) is 7.72. The van der Waals surface area contributed by atoms with Crippen molar-refractivity contribution in [1.29, 1.82) is 0 Å². The normalized spacial score (nSPS) is 17.4. The molecule has 3 heterocycles. The molecule has 2 N–H and O–H groups in total. The molecule has 0 bridgehead atoms. The Morgan fingerprint density at radius 2 is 2.48 bits per heavy atom. The van der Waals surface area contributed by atoms with Gasteiger partial charge in [-0.2, -0.15) is 5.10 Å². The number of aromatic nitrogens is 4. The molecule has 1 aliphatic heterocycles. The number of ether oxygens (including phenoxy) is 1. The Morgan fingerprint density at radius 1 is 1.52 bits per heavy atom. The summed E-state index contributed by atoms with van der Waals surface area (Å²) in [6.07, 6.45) is 6.98. The van der Waals surface area contributed by atoms with Gasteiger partial charge in [0.1, 0.15) is 24.5 Å². The maximum absolute atomic E-state index is 5.60. The van der Waals surface area contributed by atoms with Crippen LogP contribution in [0.3, 0.4) is 0 Å². The SMILES string of the molecule is CN=C(NCCOc1cccnc1)NC1CCc2ncnn2C1. The van der Waals surface area contributed by atoms with E-state index in [1.54, 1.807) is 25.8 Å². The van der Waals surface area contributed by atoms with Crippen LogP contribution in [0.4, 0.5) is 0 Å². The minimum absolute atomic E-state index is 0.301. The van der Waals surface area contributed by atoms with Crippen LogP contribution < -0.4 is 15.4 Å². The van der Waals surface area contributed by atoms with E-state index in [9.17, 15) is 0 Å². The van der Waals surface area contributed by atoms with Crippen molar-refractivity contribution in [3.05, 3.63) is 36.7 Å². The molecule has 1 atom stereocenters. The molecule has 23 heavy (non-hydrogen) atoms. The molecular weight excluding hydrogens is 294 g/mol. The molecule has 1 aliphatic rings. The van der Waals surface area contributed by atoms with Crippen LogP contribution in [0.1, 0.15) is 12.2 Å². The van der Waals surface area contributed by atoms with Gasteiger partial charge in [-0.1, -0.05) is 0 Å². The molecule has 0 amide bonds. The second-order valence-electron chi connectivity index (χ2n) is 5.27. The number of fused-ring (bicyclic) bond motifs is 1. The lowest BCUT2D eigenvalue weighted by atomic mass is 10.1. The van der Waals surface area contributed by atoms with Crippen molar-refractivity contribution in [2.45, 2.75) is 25.4 Å². The van der Waals surface area contributed by atoms with Gasteiger partial charge in [-0.05, 0) is 18.6 Å². The summed E-state index contributed by atoms with van der Waals surface area (Å²) < 4.78 is 7.54. The lowest BCUT2D eigenvalue weighted by molar-refractivity contribution is 0.319. The van der Waals surface area contributed by atoms with Crippen molar-refractivity contribution in [2.24, 2.45) is 4.99 Å². The van der Waals surface area contributed by atoms with Crippen molar-refractivity contribution in [2.75, 3.05) is 20.2 Å². The van der Waals surface area contributed by atoms with Gasteiger partial charge in [0, 0.05) is 25.7 Å². The summed E-state index contributed by atoms with van der Waals surface area (Å²) in [6, 6.07) is 4.04. The monoisotopic (exact) mass is 315 g/mol. The highest BCUT2D eigenvalue weighted by atomic mass is 16.5. The van der Waals surface area contributed by atoms with Crippen molar-refractivity contribution in [1.82, 2.24) is 30.4 Å². The zero-order valence-electron chi connectivity index (χ0n) is 13.1. The van der Waals surface area contributed by atoms with Crippen LogP contribution in [0.15, 0.2) is 35.8 Å². The zero-order valence-corrected chi connectivity index (χ0v) is 13.1. The first-order chi connectivity index (χ1) is 11.3. The summed E-state index contributed by atoms with van der Waals surface area (Å²) in [6.45, 7) is 2.02. The fourth-order valence-electron chi connectivity index (χ4n) is 2.51. The number of aliphatic imine (C=N–C) groups is 1. The first-order valence-corrected chi connectivity index (χ1v) is 7.72. The lowest BCUT2D eigenvalue weighted by Crippen LogP contribution is -2.47. The quantitative estimate of drug-likeness (QED) is 0.466. The van der Waals surface area contributed by atoms with Gasteiger partial charge in [-0.3, -0.25) is 9.98 Å². The van der Waals surface area contributed by atoms with E-state index in [0.29, 0.717) is 19.2 Å². The van der Waals surface area contributed by atoms with E-state index in [0.717, 1.165) is 36.9 Å². The second-order valence-corrected chi connectivity index (χ2v) is 5.27.